The van der Waals surface area contributed by atoms with Crippen molar-refractivity contribution in [1.29, 1.82) is 0 Å². The molecule has 0 saturated heterocycles. The Bertz CT molecular complexity index is 388. The Morgan fingerprint density at radius 3 is 2.59 bits per heavy atom. The summed E-state index contributed by atoms with van der Waals surface area (Å²) >= 11 is 0. The van der Waals surface area contributed by atoms with E-state index < -0.39 is 0 Å². The van der Waals surface area contributed by atoms with E-state index in [9.17, 15) is 5.11 Å². The highest BCUT2D eigenvalue weighted by Crippen LogP contribution is 2.31. The zero-order chi connectivity index (χ0) is 12.3. The number of hydrogen-bond donors (Lipinski definition) is 1. The smallest absolute Gasteiger partial charge is 0.115 e. The lowest BCUT2D eigenvalue weighted by atomic mass is 9.79. The van der Waals surface area contributed by atoms with E-state index in [0.29, 0.717) is 5.75 Å². The number of rotatable bonds is 3. The van der Waals surface area contributed by atoms with Gasteiger partial charge < -0.3 is 5.11 Å². The normalized spacial score (nSPS) is 22.0. The largest absolute Gasteiger partial charge is 0.508 e. The molecule has 1 N–H and O–H groups in total. The summed E-state index contributed by atoms with van der Waals surface area (Å²) in [5.41, 5.74) is 2.89. The molecule has 2 rings (SSSR count). The van der Waals surface area contributed by atoms with Gasteiger partial charge in [-0.05, 0) is 62.1 Å². The van der Waals surface area contributed by atoms with Crippen molar-refractivity contribution in [3.63, 3.8) is 0 Å². The molecule has 0 saturated carbocycles. The molecule has 0 aromatic heterocycles. The number of phenols is 1. The van der Waals surface area contributed by atoms with E-state index in [1.54, 1.807) is 17.7 Å². The topological polar surface area (TPSA) is 20.2 Å². The lowest BCUT2D eigenvalue weighted by Gasteiger charge is -2.26. The summed E-state index contributed by atoms with van der Waals surface area (Å²) < 4.78 is 0. The van der Waals surface area contributed by atoms with Gasteiger partial charge in [0.15, 0.2) is 0 Å². The predicted molar refractivity (Wildman–Crippen MR) is 72.1 cm³/mol. The summed E-state index contributed by atoms with van der Waals surface area (Å²) in [4.78, 5) is 0. The van der Waals surface area contributed by atoms with Crippen LogP contribution in [0.2, 0.25) is 0 Å². The molecule has 0 aliphatic heterocycles. The minimum absolute atomic E-state index is 0.359. The molecule has 92 valence electrons. The maximum atomic E-state index is 9.26. The van der Waals surface area contributed by atoms with E-state index in [1.165, 1.54) is 24.8 Å². The Labute approximate surface area is 104 Å². The molecule has 1 aliphatic carbocycles. The first-order chi connectivity index (χ1) is 8.15. The van der Waals surface area contributed by atoms with Gasteiger partial charge in [0, 0.05) is 0 Å². The van der Waals surface area contributed by atoms with E-state index in [0.717, 1.165) is 18.3 Å². The van der Waals surface area contributed by atoms with Gasteiger partial charge in [-0.25, -0.2) is 0 Å². The van der Waals surface area contributed by atoms with Gasteiger partial charge in [-0.15, -0.1) is 0 Å². The molecule has 0 unspecified atom stereocenters. The lowest BCUT2D eigenvalue weighted by molar-refractivity contribution is 0.325. The Morgan fingerprint density at radius 1 is 1.29 bits per heavy atom. The van der Waals surface area contributed by atoms with Crippen LogP contribution < -0.4 is 0 Å². The van der Waals surface area contributed by atoms with Crippen LogP contribution in [0.1, 0.15) is 38.7 Å². The summed E-state index contributed by atoms with van der Waals surface area (Å²) in [6, 6.07) is 7.64. The maximum Gasteiger partial charge on any atom is 0.115 e. The molecule has 1 aliphatic rings. The molecular weight excluding hydrogens is 208 g/mol. The van der Waals surface area contributed by atoms with Gasteiger partial charge in [0.25, 0.3) is 0 Å². The van der Waals surface area contributed by atoms with Crippen LogP contribution in [0, 0.1) is 11.8 Å². The quantitative estimate of drug-likeness (QED) is 0.767. The van der Waals surface area contributed by atoms with E-state index >= 15 is 0 Å². The van der Waals surface area contributed by atoms with E-state index in [2.05, 4.69) is 19.9 Å². The van der Waals surface area contributed by atoms with Crippen LogP contribution in [-0.2, 0) is 6.42 Å². The number of phenolic OH excluding ortho intramolecular Hbond substituents is 1. The Morgan fingerprint density at radius 2 is 2.00 bits per heavy atom. The van der Waals surface area contributed by atoms with Crippen molar-refractivity contribution in [2.45, 2.75) is 39.5 Å². The van der Waals surface area contributed by atoms with Gasteiger partial charge >= 0.3 is 0 Å². The highest BCUT2D eigenvalue weighted by molar-refractivity contribution is 5.26. The molecule has 0 spiro atoms. The lowest BCUT2D eigenvalue weighted by Crippen LogP contribution is -2.16. The monoisotopic (exact) mass is 230 g/mol. The van der Waals surface area contributed by atoms with Gasteiger partial charge in [-0.3, -0.25) is 0 Å². The molecule has 1 heteroatoms. The Kier molecular flexibility index (Phi) is 3.88. The Balaban J connectivity index is 1.93. The molecule has 0 fully saturated rings. The van der Waals surface area contributed by atoms with Gasteiger partial charge in [0.05, 0.1) is 0 Å². The standard InChI is InChI=1S/C16H22O/c1-12-3-7-15(8-4-12)13(2)11-14-5-9-16(17)10-6-14/h3,5-6,9-10,13,15,17H,4,7-8,11H2,1-2H3/t13-,15-/m1/s1. The van der Waals surface area contributed by atoms with Crippen LogP contribution in [0.25, 0.3) is 0 Å². The fourth-order valence-corrected chi connectivity index (χ4v) is 2.67. The molecule has 0 heterocycles. The van der Waals surface area contributed by atoms with Gasteiger partial charge in [0.1, 0.15) is 5.75 Å². The average molecular weight is 230 g/mol. The van der Waals surface area contributed by atoms with Crippen LogP contribution in [0.3, 0.4) is 0 Å². The van der Waals surface area contributed by atoms with Gasteiger partial charge in [-0.2, -0.15) is 0 Å². The Hall–Kier alpha value is -1.24. The molecule has 0 radical (unpaired) electrons. The number of benzene rings is 1. The highest BCUT2D eigenvalue weighted by atomic mass is 16.3. The SMILES string of the molecule is CC1=CC[C@@H]([C@H](C)Cc2ccc(O)cc2)CC1. The van der Waals surface area contributed by atoms with Crippen LogP contribution in [0.4, 0.5) is 0 Å². The van der Waals surface area contributed by atoms with Gasteiger partial charge in [-0.1, -0.05) is 30.7 Å². The molecule has 1 aromatic rings. The van der Waals surface area contributed by atoms with E-state index in [-0.39, 0.29) is 0 Å². The molecule has 1 aromatic carbocycles. The minimum atomic E-state index is 0.359. The van der Waals surface area contributed by atoms with Crippen molar-refractivity contribution < 1.29 is 5.11 Å². The fourth-order valence-electron chi connectivity index (χ4n) is 2.67. The molecule has 2 atom stereocenters. The molecular formula is C16H22O. The summed E-state index contributed by atoms with van der Waals surface area (Å²) in [5, 5.41) is 9.26. The number of allylic oxidation sites excluding steroid dienone is 2. The van der Waals surface area contributed by atoms with Crippen molar-refractivity contribution in [3.8, 4) is 5.75 Å². The van der Waals surface area contributed by atoms with Crippen LogP contribution in [0.15, 0.2) is 35.9 Å². The third-order valence-corrected chi connectivity index (χ3v) is 3.98. The average Bonchev–Trinajstić information content (AvgIpc) is 2.33. The van der Waals surface area contributed by atoms with Crippen LogP contribution >= 0.6 is 0 Å². The number of aromatic hydroxyl groups is 1. The van der Waals surface area contributed by atoms with E-state index in [1.807, 2.05) is 12.1 Å². The van der Waals surface area contributed by atoms with Crippen LogP contribution in [-0.4, -0.2) is 5.11 Å². The highest BCUT2D eigenvalue weighted by Gasteiger charge is 2.19. The zero-order valence-electron chi connectivity index (χ0n) is 10.8. The second-order valence-corrected chi connectivity index (χ2v) is 5.43. The van der Waals surface area contributed by atoms with Crippen molar-refractivity contribution >= 4 is 0 Å². The predicted octanol–water partition coefficient (Wildman–Crippen LogP) is 4.32. The minimum Gasteiger partial charge on any atom is -0.508 e. The first-order valence-electron chi connectivity index (χ1n) is 6.58. The molecule has 17 heavy (non-hydrogen) atoms. The second-order valence-electron chi connectivity index (χ2n) is 5.43. The first-order valence-corrected chi connectivity index (χ1v) is 6.58. The summed E-state index contributed by atoms with van der Waals surface area (Å²) in [5.74, 6) is 1.91. The summed E-state index contributed by atoms with van der Waals surface area (Å²) in [6.45, 7) is 4.59. The van der Waals surface area contributed by atoms with Crippen molar-refractivity contribution in [2.75, 3.05) is 0 Å². The third-order valence-electron chi connectivity index (χ3n) is 3.98. The van der Waals surface area contributed by atoms with Crippen molar-refractivity contribution in [2.24, 2.45) is 11.8 Å². The summed E-state index contributed by atoms with van der Waals surface area (Å²) in [7, 11) is 0. The van der Waals surface area contributed by atoms with Crippen LogP contribution in [0.5, 0.6) is 5.75 Å². The number of hydrogen-bond acceptors (Lipinski definition) is 1. The summed E-state index contributed by atoms with van der Waals surface area (Å²) in [6.07, 6.45) is 7.37. The second kappa shape index (κ2) is 5.39. The van der Waals surface area contributed by atoms with Crippen molar-refractivity contribution in [3.05, 3.63) is 41.5 Å². The van der Waals surface area contributed by atoms with Gasteiger partial charge in [0.2, 0.25) is 0 Å². The molecule has 0 amide bonds. The van der Waals surface area contributed by atoms with E-state index in [4.69, 9.17) is 0 Å². The third kappa shape index (κ3) is 3.36. The first kappa shape index (κ1) is 12.2. The van der Waals surface area contributed by atoms with Crippen molar-refractivity contribution in [1.82, 2.24) is 0 Å². The zero-order valence-corrected chi connectivity index (χ0v) is 10.8. The molecule has 1 nitrogen and oxygen atoms in total. The molecule has 0 bridgehead atoms. The fraction of sp³-hybridized carbons (Fsp3) is 0.500. The maximum absolute atomic E-state index is 9.26.